The van der Waals surface area contributed by atoms with Crippen LogP contribution in [0.1, 0.15) is 48.4 Å². The maximum Gasteiger partial charge on any atom is 0.109 e. The molecule has 0 bridgehead atoms. The van der Waals surface area contributed by atoms with Crippen molar-refractivity contribution in [2.45, 2.75) is 46.2 Å². The van der Waals surface area contributed by atoms with Crippen molar-refractivity contribution >= 4 is 11.3 Å². The van der Waals surface area contributed by atoms with Gasteiger partial charge in [0.1, 0.15) is 16.5 Å². The molecule has 0 aliphatic heterocycles. The van der Waals surface area contributed by atoms with Crippen LogP contribution >= 0.6 is 11.3 Å². The summed E-state index contributed by atoms with van der Waals surface area (Å²) in [4.78, 5) is 4.33. The maximum atomic E-state index is 5.86. The number of nitrogens with one attached hydrogen (secondary N) is 1. The lowest BCUT2D eigenvalue weighted by Crippen LogP contribution is -2.32. The molecule has 0 saturated carbocycles. The van der Waals surface area contributed by atoms with Crippen molar-refractivity contribution in [2.75, 3.05) is 0 Å². The molecule has 1 atom stereocenters. The summed E-state index contributed by atoms with van der Waals surface area (Å²) in [6.07, 6.45) is 4.04. The second kappa shape index (κ2) is 4.76. The Labute approximate surface area is 118 Å². The Hall–Kier alpha value is -1.13. The van der Waals surface area contributed by atoms with E-state index in [1.165, 1.54) is 5.56 Å². The number of furan rings is 1. The van der Waals surface area contributed by atoms with Crippen LogP contribution in [-0.4, -0.2) is 4.98 Å². The van der Waals surface area contributed by atoms with E-state index in [9.17, 15) is 0 Å². The van der Waals surface area contributed by atoms with E-state index in [2.05, 4.69) is 30.2 Å². The van der Waals surface area contributed by atoms with Crippen molar-refractivity contribution in [1.82, 2.24) is 10.3 Å². The van der Waals surface area contributed by atoms with Gasteiger partial charge in [-0.2, -0.15) is 0 Å². The summed E-state index contributed by atoms with van der Waals surface area (Å²) in [6, 6.07) is 2.56. The first kappa shape index (κ1) is 12.9. The molecule has 0 spiro atoms. The van der Waals surface area contributed by atoms with E-state index in [0.29, 0.717) is 6.04 Å². The molecular formula is C15H20N2OS. The molecule has 19 heavy (non-hydrogen) atoms. The van der Waals surface area contributed by atoms with E-state index in [4.69, 9.17) is 4.42 Å². The summed E-state index contributed by atoms with van der Waals surface area (Å²) < 4.78 is 5.86. The van der Waals surface area contributed by atoms with Crippen LogP contribution in [0.4, 0.5) is 0 Å². The number of hydrogen-bond donors (Lipinski definition) is 1. The normalized spacial score (nSPS) is 21.3. The smallest absolute Gasteiger partial charge is 0.109 e. The number of rotatable bonds is 3. The first-order chi connectivity index (χ1) is 9.03. The Morgan fingerprint density at radius 1 is 1.53 bits per heavy atom. The lowest BCUT2D eigenvalue weighted by atomic mass is 9.75. The molecule has 3 nitrogen and oxygen atoms in total. The highest BCUT2D eigenvalue weighted by atomic mass is 32.1. The van der Waals surface area contributed by atoms with Gasteiger partial charge in [0.2, 0.25) is 0 Å². The molecule has 4 heteroatoms. The molecule has 0 aromatic carbocycles. The third kappa shape index (κ3) is 2.74. The van der Waals surface area contributed by atoms with Gasteiger partial charge in [-0.3, -0.25) is 0 Å². The predicted octanol–water partition coefficient (Wildman–Crippen LogP) is 3.85. The van der Waals surface area contributed by atoms with Gasteiger partial charge in [-0.15, -0.1) is 11.3 Å². The van der Waals surface area contributed by atoms with Gasteiger partial charge < -0.3 is 9.73 Å². The van der Waals surface area contributed by atoms with Gasteiger partial charge in [-0.25, -0.2) is 4.98 Å². The minimum atomic E-state index is 0.290. The number of aryl methyl sites for hydroxylation is 1. The molecule has 2 heterocycles. The Morgan fingerprint density at radius 2 is 2.37 bits per heavy atom. The molecule has 1 aliphatic rings. The van der Waals surface area contributed by atoms with Gasteiger partial charge in [0.05, 0.1) is 0 Å². The zero-order chi connectivity index (χ0) is 13.5. The molecule has 2 aromatic rings. The van der Waals surface area contributed by atoms with E-state index in [0.717, 1.165) is 35.9 Å². The topological polar surface area (TPSA) is 38.1 Å². The highest BCUT2D eigenvalue weighted by molar-refractivity contribution is 7.09. The third-order valence-electron chi connectivity index (χ3n) is 3.72. The van der Waals surface area contributed by atoms with Gasteiger partial charge in [0, 0.05) is 36.1 Å². The number of hydrogen-bond acceptors (Lipinski definition) is 4. The van der Waals surface area contributed by atoms with Crippen molar-refractivity contribution in [3.63, 3.8) is 0 Å². The molecule has 0 amide bonds. The number of nitrogens with zero attached hydrogens (tertiary/aromatic N) is 1. The predicted molar refractivity (Wildman–Crippen MR) is 77.2 cm³/mol. The Balaban J connectivity index is 1.80. The zero-order valence-corrected chi connectivity index (χ0v) is 12.5. The van der Waals surface area contributed by atoms with Crippen molar-refractivity contribution < 1.29 is 4.42 Å². The lowest BCUT2D eigenvalue weighted by molar-refractivity contribution is 0.233. The summed E-state index contributed by atoms with van der Waals surface area (Å²) in [5, 5.41) is 6.80. The average molecular weight is 276 g/mol. The van der Waals surface area contributed by atoms with E-state index in [1.54, 1.807) is 11.3 Å². The van der Waals surface area contributed by atoms with E-state index < -0.39 is 0 Å². The van der Waals surface area contributed by atoms with Crippen LogP contribution < -0.4 is 5.32 Å². The first-order valence-electron chi connectivity index (χ1n) is 6.74. The summed E-state index contributed by atoms with van der Waals surface area (Å²) in [6.45, 7) is 7.49. The molecule has 1 N–H and O–H groups in total. The monoisotopic (exact) mass is 276 g/mol. The van der Waals surface area contributed by atoms with Crippen molar-refractivity contribution in [1.29, 1.82) is 0 Å². The summed E-state index contributed by atoms with van der Waals surface area (Å²) in [7, 11) is 0. The fourth-order valence-corrected chi connectivity index (χ4v) is 3.48. The van der Waals surface area contributed by atoms with Crippen LogP contribution in [0.15, 0.2) is 22.1 Å². The fraction of sp³-hybridized carbons (Fsp3) is 0.533. The van der Waals surface area contributed by atoms with Crippen LogP contribution in [0.25, 0.3) is 0 Å². The summed E-state index contributed by atoms with van der Waals surface area (Å²) in [5.74, 6) is 2.18. The van der Waals surface area contributed by atoms with Gasteiger partial charge >= 0.3 is 0 Å². The average Bonchev–Trinajstić information content (AvgIpc) is 2.93. The quantitative estimate of drug-likeness (QED) is 0.925. The molecule has 1 unspecified atom stereocenters. The van der Waals surface area contributed by atoms with E-state index in [1.807, 2.05) is 18.5 Å². The molecule has 0 fully saturated rings. The molecular weight excluding hydrogens is 256 g/mol. The molecule has 3 rings (SSSR count). The van der Waals surface area contributed by atoms with Crippen LogP contribution in [0.3, 0.4) is 0 Å². The molecule has 0 radical (unpaired) electrons. The Morgan fingerprint density at radius 3 is 3.11 bits per heavy atom. The lowest BCUT2D eigenvalue weighted by Gasteiger charge is -2.34. The molecule has 1 aliphatic carbocycles. The van der Waals surface area contributed by atoms with Gasteiger partial charge in [0.15, 0.2) is 0 Å². The zero-order valence-electron chi connectivity index (χ0n) is 11.7. The summed E-state index contributed by atoms with van der Waals surface area (Å²) in [5.41, 5.74) is 1.63. The third-order valence-corrected chi connectivity index (χ3v) is 4.50. The first-order valence-corrected chi connectivity index (χ1v) is 7.62. The largest absolute Gasteiger partial charge is 0.466 e. The van der Waals surface area contributed by atoms with Crippen molar-refractivity contribution in [3.05, 3.63) is 39.7 Å². The SMILES string of the molecule is Cc1cc2c(o1)CC(C)(C)CC2NCc1nccs1. The second-order valence-electron chi connectivity index (χ2n) is 6.14. The number of thiazole rings is 1. The minimum absolute atomic E-state index is 0.290. The number of fused-ring (bicyclic) bond motifs is 1. The maximum absolute atomic E-state index is 5.86. The Bertz CT molecular complexity index is 557. The highest BCUT2D eigenvalue weighted by Gasteiger charge is 2.34. The molecule has 0 saturated heterocycles. The van der Waals surface area contributed by atoms with Gasteiger partial charge in [0.25, 0.3) is 0 Å². The standard InChI is InChI=1S/C15H20N2OS/c1-10-6-11-12(17-9-14-16-4-5-19-14)7-15(2,3)8-13(11)18-10/h4-6,12,17H,7-9H2,1-3H3. The molecule has 102 valence electrons. The van der Waals surface area contributed by atoms with Crippen molar-refractivity contribution in [3.8, 4) is 0 Å². The van der Waals surface area contributed by atoms with Crippen LogP contribution in [-0.2, 0) is 13.0 Å². The number of aromatic nitrogens is 1. The van der Waals surface area contributed by atoms with E-state index in [-0.39, 0.29) is 5.41 Å². The minimum Gasteiger partial charge on any atom is -0.466 e. The van der Waals surface area contributed by atoms with Crippen LogP contribution in [0.2, 0.25) is 0 Å². The van der Waals surface area contributed by atoms with Crippen LogP contribution in [0.5, 0.6) is 0 Å². The highest BCUT2D eigenvalue weighted by Crippen LogP contribution is 2.42. The molecule has 2 aromatic heterocycles. The van der Waals surface area contributed by atoms with Crippen molar-refractivity contribution in [2.24, 2.45) is 5.41 Å². The van der Waals surface area contributed by atoms with Gasteiger partial charge in [-0.05, 0) is 24.8 Å². The van der Waals surface area contributed by atoms with E-state index >= 15 is 0 Å². The Kier molecular flexibility index (Phi) is 3.23. The van der Waals surface area contributed by atoms with Gasteiger partial charge in [-0.1, -0.05) is 13.8 Å². The summed E-state index contributed by atoms with van der Waals surface area (Å²) >= 11 is 1.70. The fourth-order valence-electron chi connectivity index (χ4n) is 2.92. The second-order valence-corrected chi connectivity index (χ2v) is 7.12. The van der Waals surface area contributed by atoms with Crippen LogP contribution in [0, 0.1) is 12.3 Å².